The molecule has 2 N–H and O–H groups in total. The molecule has 0 amide bonds. The van der Waals surface area contributed by atoms with Gasteiger partial charge in [0.25, 0.3) is 28.1 Å². The highest BCUT2D eigenvalue weighted by molar-refractivity contribution is 6.09. The highest BCUT2D eigenvalue weighted by Crippen LogP contribution is 2.42. The molecule has 9 aromatic carbocycles. The normalized spacial score (nSPS) is 11.9. The fourth-order valence-corrected chi connectivity index (χ4v) is 15.8. The van der Waals surface area contributed by atoms with E-state index in [1.165, 1.54) is 67.4 Å². The number of halogens is 16. The molecule has 21 rings (SSSR count). The van der Waals surface area contributed by atoms with Crippen molar-refractivity contribution in [1.29, 1.82) is 0 Å². The summed E-state index contributed by atoms with van der Waals surface area (Å²) in [5.74, 6) is -5.30. The first-order valence-electron chi connectivity index (χ1n) is 40.0. The molecule has 0 bridgehead atoms. The van der Waals surface area contributed by atoms with Crippen molar-refractivity contribution in [1.82, 2.24) is 67.9 Å². The van der Waals surface area contributed by atoms with E-state index in [2.05, 4.69) is 49.8 Å². The lowest BCUT2D eigenvalue weighted by Crippen LogP contribution is -2.19. The number of rotatable bonds is 8. The van der Waals surface area contributed by atoms with E-state index in [4.69, 9.17) is 12.3 Å². The summed E-state index contributed by atoms with van der Waals surface area (Å²) in [6, 6.07) is 55.5. The fourth-order valence-electron chi connectivity index (χ4n) is 15.8. The zero-order chi connectivity index (χ0) is 95.0. The molecule has 12 aromatic heterocycles. The van der Waals surface area contributed by atoms with E-state index in [9.17, 15) is 89.4 Å². The second-order valence-corrected chi connectivity index (χ2v) is 30.5. The van der Waals surface area contributed by atoms with E-state index in [1.807, 2.05) is 60.8 Å². The molecule has 0 spiro atoms. The van der Waals surface area contributed by atoms with Crippen molar-refractivity contribution in [3.05, 3.63) is 397 Å². The Morgan fingerprint density at radius 1 is 0.289 bits per heavy atom. The number of hydrogen-bond acceptors (Lipinski definition) is 14. The molecule has 0 aliphatic carbocycles. The molecule has 0 saturated carbocycles. The van der Waals surface area contributed by atoms with Gasteiger partial charge in [0.2, 0.25) is 5.95 Å². The van der Waals surface area contributed by atoms with Crippen LogP contribution in [0.2, 0.25) is 0 Å². The van der Waals surface area contributed by atoms with Gasteiger partial charge in [-0.25, -0.2) is 27.5 Å². The van der Waals surface area contributed by atoms with Gasteiger partial charge in [-0.3, -0.25) is 67.0 Å². The van der Waals surface area contributed by atoms with Crippen LogP contribution in [0.25, 0.3) is 170 Å². The third-order valence-corrected chi connectivity index (χ3v) is 22.1. The summed E-state index contributed by atoms with van der Waals surface area (Å²) in [4.78, 5) is 89.0. The van der Waals surface area contributed by atoms with Crippen molar-refractivity contribution >= 4 is 110 Å². The Balaban J connectivity index is 0.000000120. The largest absolute Gasteiger partial charge is 0.419 e. The highest BCUT2D eigenvalue weighted by atomic mass is 19.4. The molecule has 0 atom stereocenters. The van der Waals surface area contributed by atoms with Crippen LogP contribution in [0, 0.1) is 29.8 Å². The number of benzene rings is 9. The van der Waals surface area contributed by atoms with Gasteiger partial charge in [-0.15, -0.1) is 4.98 Å². The van der Waals surface area contributed by atoms with E-state index in [-0.39, 0.29) is 34.5 Å². The Hall–Kier alpha value is -17.5. The summed E-state index contributed by atoms with van der Waals surface area (Å²) in [5, 5.41) is 9.41. The fraction of sp³-hybridized carbons (Fsp3) is 0.0505. The van der Waals surface area contributed by atoms with E-state index in [0.29, 0.717) is 152 Å². The average Bonchev–Trinajstić information content (AvgIpc) is 0.995. The maximum Gasteiger partial charge on any atom is 0.419 e. The van der Waals surface area contributed by atoms with Gasteiger partial charge in [-0.1, -0.05) is 55.1 Å². The van der Waals surface area contributed by atoms with Gasteiger partial charge in [0.15, 0.2) is 0 Å². The quantitative estimate of drug-likeness (QED) is 0.0846. The smallest absolute Gasteiger partial charge is 0.368 e. The number of anilines is 1. The Kier molecular flexibility index (Phi) is 22.5. The SMILES string of the molecule is Cn1cc(-c2ccc3ncc4ccc(=O)n(-c5ccc(F)c(C(F)(F)F)c5)c4c3c2)cn1.Nc1ncc(-c2ccc3ncc4ccc(=O)n(-c5ccc(F)c(C(F)(F)F)c5)c4c3c2)cn1.O=c1ccc2cnc3ccc(-c4cnc5ccccc5c4)cc3c2n1-c1ccc(F)c(C(F)(F)F)c1.[C-]#[N+]c1ccc(-c2ccc3ncc4ccc(=O)n(-c5ccc(F)c(C(F)(F)F)c5)c4c3c2)cn1. The lowest BCUT2D eigenvalue weighted by Gasteiger charge is -2.15. The van der Waals surface area contributed by atoms with Crippen molar-refractivity contribution < 1.29 is 70.2 Å². The molecule has 0 saturated heterocycles. The first-order valence-corrected chi connectivity index (χ1v) is 40.0. The van der Waals surface area contributed by atoms with Gasteiger partial charge in [0.05, 0.1) is 101 Å². The molecule has 20 nitrogen and oxygen atoms in total. The molecule has 0 radical (unpaired) electrons. The summed E-state index contributed by atoms with van der Waals surface area (Å²) in [6.07, 6.45) is -3.65. The van der Waals surface area contributed by atoms with Crippen LogP contribution in [0.4, 0.5) is 82.0 Å². The number of fused-ring (bicyclic) bond motifs is 13. The first-order chi connectivity index (χ1) is 64.5. The van der Waals surface area contributed by atoms with E-state index < -0.39 is 92.5 Å². The predicted molar refractivity (Wildman–Crippen MR) is 477 cm³/mol. The number of para-hydroxylation sites is 1. The third-order valence-electron chi connectivity index (χ3n) is 22.1. The van der Waals surface area contributed by atoms with Crippen LogP contribution >= 0.6 is 0 Å². The first kappa shape index (κ1) is 88.1. The zero-order valence-electron chi connectivity index (χ0n) is 68.8. The van der Waals surface area contributed by atoms with Crippen LogP contribution < -0.4 is 28.0 Å². The Bertz CT molecular complexity index is 8740. The number of aromatic nitrogens is 14. The Labute approximate surface area is 746 Å². The molecular formula is C99H54F16N16O4. The van der Waals surface area contributed by atoms with Crippen LogP contribution in [0.3, 0.4) is 0 Å². The van der Waals surface area contributed by atoms with Crippen molar-refractivity contribution in [2.75, 3.05) is 5.73 Å². The van der Waals surface area contributed by atoms with Crippen LogP contribution in [0.5, 0.6) is 0 Å². The second-order valence-electron chi connectivity index (χ2n) is 30.5. The molecule has 0 aliphatic rings. The minimum atomic E-state index is -4.92. The third kappa shape index (κ3) is 17.3. The number of nitrogens with two attached hydrogens (primary N) is 1. The number of hydrogen-bond donors (Lipinski definition) is 1. The van der Waals surface area contributed by atoms with Crippen molar-refractivity contribution in [3.8, 4) is 67.3 Å². The lowest BCUT2D eigenvalue weighted by atomic mass is 10.0. The van der Waals surface area contributed by atoms with Gasteiger partial charge >= 0.3 is 24.7 Å². The van der Waals surface area contributed by atoms with Gasteiger partial charge < -0.3 is 10.6 Å². The van der Waals surface area contributed by atoms with Crippen LogP contribution in [0.1, 0.15) is 22.3 Å². The molecule has 36 heteroatoms. The topological polar surface area (TPSA) is 239 Å². The Morgan fingerprint density at radius 2 is 0.600 bits per heavy atom. The van der Waals surface area contributed by atoms with E-state index in [1.54, 1.807) is 109 Å². The minimum Gasteiger partial charge on any atom is -0.368 e. The standard InChI is InChI=1S/C28H15F4N3O.C25H12F4N4O.C23H13F4N5O.C23H14F4N4O/c29-23-8-7-20(13-22(23)28(30,31)32)35-26(36)10-6-18-14-34-25-9-5-16(12-21(25)27(18)35)19-11-17-3-1-2-4-24(17)33-15-19;1-30-22-8-3-15(12-32-22)14-2-7-21-18(10-14)24-16(13-31-21)4-9-23(34)33(24)17-5-6-20(26)19(11-17)25(27,28)29;24-18-4-3-15(8-17(18)23(25,26)27)32-20(33)6-2-13-9-29-19-5-1-12(7-16(19)21(13)32)14-10-30-22(28)31-11-14;1-30-12-15(11-29-30)13-2-6-20-17(8-13)22-14(10-28-20)3-7-21(32)31(22)16-4-5-19(24)18(9-16)23(25,26)27/h1-15H;2-13H;1-11H,(H2,28,30,31);2-12H,1H3. The summed E-state index contributed by atoms with van der Waals surface area (Å²) in [6.45, 7) is 7.04. The molecule has 12 heterocycles. The molecule has 0 unspecified atom stereocenters. The van der Waals surface area contributed by atoms with Crippen LogP contribution in [-0.4, -0.2) is 67.9 Å². The number of alkyl halides is 12. The minimum absolute atomic E-state index is 0.0893. The summed E-state index contributed by atoms with van der Waals surface area (Å²) >= 11 is 0. The maximum absolute atomic E-state index is 14.0. The van der Waals surface area contributed by atoms with Crippen molar-refractivity contribution in [3.63, 3.8) is 0 Å². The molecule has 0 aliphatic heterocycles. The lowest BCUT2D eigenvalue weighted by molar-refractivity contribution is -0.140. The van der Waals surface area contributed by atoms with E-state index in [0.717, 1.165) is 81.8 Å². The Morgan fingerprint density at radius 3 is 0.926 bits per heavy atom. The summed E-state index contributed by atoms with van der Waals surface area (Å²) in [5.41, 5.74) is 7.53. The van der Waals surface area contributed by atoms with Gasteiger partial charge in [-0.05, 0) is 186 Å². The molecule has 135 heavy (non-hydrogen) atoms. The molecule has 0 fully saturated rings. The van der Waals surface area contributed by atoms with Gasteiger partial charge in [0, 0.05) is 152 Å². The highest BCUT2D eigenvalue weighted by Gasteiger charge is 2.38. The van der Waals surface area contributed by atoms with Crippen molar-refractivity contribution in [2.24, 2.45) is 7.05 Å². The molecular weight excluding hydrogens is 1780 g/mol. The number of aryl methyl sites for hydroxylation is 1. The van der Waals surface area contributed by atoms with Gasteiger partial charge in [0.1, 0.15) is 29.5 Å². The molecule has 21 aromatic rings. The van der Waals surface area contributed by atoms with Crippen molar-refractivity contribution in [2.45, 2.75) is 24.7 Å². The summed E-state index contributed by atoms with van der Waals surface area (Å²) < 4.78 is 222. The monoisotopic (exact) mass is 1830 g/mol. The zero-order valence-corrected chi connectivity index (χ0v) is 68.8. The van der Waals surface area contributed by atoms with Crippen LogP contribution in [-0.2, 0) is 31.8 Å². The second kappa shape index (κ2) is 34.4. The predicted octanol–water partition coefficient (Wildman–Crippen LogP) is 23.1. The van der Waals surface area contributed by atoms with E-state index >= 15 is 0 Å². The average molecular weight is 1840 g/mol. The maximum atomic E-state index is 14.0. The molecule has 666 valence electrons. The number of nitrogen functional groups attached to an aromatic ring is 1. The van der Waals surface area contributed by atoms with Crippen LogP contribution in [0.15, 0.2) is 318 Å². The van der Waals surface area contributed by atoms with Gasteiger partial charge in [-0.2, -0.15) is 57.8 Å². The number of nitrogens with zero attached hydrogens (tertiary/aromatic N) is 15. The number of pyridine rings is 10. The summed E-state index contributed by atoms with van der Waals surface area (Å²) in [7, 11) is 1.78.